The van der Waals surface area contributed by atoms with Crippen LogP contribution in [0.1, 0.15) is 32.3 Å². The molecule has 1 amide bonds. The lowest BCUT2D eigenvalue weighted by Gasteiger charge is -2.30. The van der Waals surface area contributed by atoms with E-state index in [1.807, 2.05) is 24.3 Å². The number of hydrogen-bond donors (Lipinski definition) is 1. The number of nitrogens with zero attached hydrogens (tertiary/aromatic N) is 4. The van der Waals surface area contributed by atoms with E-state index < -0.39 is 0 Å². The van der Waals surface area contributed by atoms with Crippen LogP contribution >= 0.6 is 23.1 Å². The molecule has 0 spiro atoms. The Labute approximate surface area is 179 Å². The second kappa shape index (κ2) is 9.09. The van der Waals surface area contributed by atoms with E-state index in [2.05, 4.69) is 34.0 Å². The molecule has 1 aromatic carbocycles. The van der Waals surface area contributed by atoms with Gasteiger partial charge >= 0.3 is 0 Å². The molecule has 1 atom stereocenters. The summed E-state index contributed by atoms with van der Waals surface area (Å²) in [5, 5.41) is 4.85. The molecular weight excluding hydrogens is 402 g/mol. The van der Waals surface area contributed by atoms with Crippen LogP contribution in [-0.2, 0) is 11.2 Å². The number of aromatic nitrogens is 3. The maximum Gasteiger partial charge on any atom is 0.234 e. The highest BCUT2D eigenvalue weighted by Gasteiger charge is 2.21. The van der Waals surface area contributed by atoms with Gasteiger partial charge < -0.3 is 10.2 Å². The highest BCUT2D eigenvalue weighted by Crippen LogP contribution is 2.35. The van der Waals surface area contributed by atoms with Crippen molar-refractivity contribution in [3.63, 3.8) is 0 Å². The number of thioether (sulfide) groups is 1. The minimum absolute atomic E-state index is 0.0303. The van der Waals surface area contributed by atoms with Crippen LogP contribution in [0.25, 0.3) is 10.3 Å². The van der Waals surface area contributed by atoms with Gasteiger partial charge in [0, 0.05) is 18.8 Å². The largest absolute Gasteiger partial charge is 0.348 e. The van der Waals surface area contributed by atoms with E-state index in [4.69, 9.17) is 4.98 Å². The minimum Gasteiger partial charge on any atom is -0.348 e. The summed E-state index contributed by atoms with van der Waals surface area (Å²) in [6.45, 7) is 6.45. The molecule has 3 aromatic rings. The van der Waals surface area contributed by atoms with Crippen molar-refractivity contribution in [2.45, 2.75) is 38.1 Å². The van der Waals surface area contributed by atoms with Crippen molar-refractivity contribution in [3.8, 4) is 0 Å². The van der Waals surface area contributed by atoms with E-state index in [0.29, 0.717) is 11.7 Å². The van der Waals surface area contributed by atoms with Gasteiger partial charge in [-0.2, -0.15) is 4.98 Å². The molecule has 152 valence electrons. The molecule has 0 radical (unpaired) electrons. The number of rotatable bonds is 6. The van der Waals surface area contributed by atoms with Crippen molar-refractivity contribution >= 4 is 50.2 Å². The number of carbonyl (C=O) groups excluding carboxylic acids is 1. The average Bonchev–Trinajstić information content (AvgIpc) is 3.18. The summed E-state index contributed by atoms with van der Waals surface area (Å²) in [5.74, 6) is 0.959. The zero-order valence-corrected chi connectivity index (χ0v) is 18.4. The van der Waals surface area contributed by atoms with Crippen molar-refractivity contribution in [3.05, 3.63) is 36.2 Å². The van der Waals surface area contributed by atoms with Gasteiger partial charge in [-0.1, -0.05) is 55.1 Å². The zero-order valence-electron chi connectivity index (χ0n) is 16.7. The number of amides is 1. The fourth-order valence-corrected chi connectivity index (χ4v) is 5.52. The summed E-state index contributed by atoms with van der Waals surface area (Å²) >= 11 is 3.07. The van der Waals surface area contributed by atoms with Crippen molar-refractivity contribution in [2.75, 3.05) is 29.1 Å². The summed E-state index contributed by atoms with van der Waals surface area (Å²) in [4.78, 5) is 28.3. The molecule has 6 nitrogen and oxygen atoms in total. The van der Waals surface area contributed by atoms with E-state index in [1.54, 1.807) is 11.3 Å². The molecule has 0 saturated carbocycles. The van der Waals surface area contributed by atoms with E-state index in [9.17, 15) is 4.79 Å². The van der Waals surface area contributed by atoms with Crippen LogP contribution in [-0.4, -0.2) is 39.7 Å². The minimum atomic E-state index is -0.0303. The molecule has 1 unspecified atom stereocenters. The van der Waals surface area contributed by atoms with Gasteiger partial charge in [0.2, 0.25) is 5.91 Å². The second-order valence-corrected chi connectivity index (χ2v) is 9.31. The fraction of sp³-hybridized carbons (Fsp3) is 0.429. The highest BCUT2D eigenvalue weighted by molar-refractivity contribution is 8.00. The molecule has 1 N–H and O–H groups in total. The molecule has 4 rings (SSSR count). The molecule has 1 saturated heterocycles. The van der Waals surface area contributed by atoms with Gasteiger partial charge in [-0.3, -0.25) is 4.79 Å². The lowest BCUT2D eigenvalue weighted by atomic mass is 10.0. The number of nitrogens with one attached hydrogen (secondary N) is 1. The number of aryl methyl sites for hydroxylation is 1. The molecule has 1 fully saturated rings. The number of fused-ring (bicyclic) bond motifs is 1. The third-order valence-electron chi connectivity index (χ3n) is 5.09. The first kappa shape index (κ1) is 20.1. The van der Waals surface area contributed by atoms with Gasteiger partial charge in [0.25, 0.3) is 0 Å². The maximum absolute atomic E-state index is 12.5. The first-order valence-electron chi connectivity index (χ1n) is 10.0. The SMILES string of the molecule is CCc1ccccc1NC(=O)CSc1ncnc2nc(N3CCCC(C)C3)sc12. The first-order chi connectivity index (χ1) is 14.1. The zero-order chi connectivity index (χ0) is 20.2. The summed E-state index contributed by atoms with van der Waals surface area (Å²) in [6, 6.07) is 7.91. The van der Waals surface area contributed by atoms with E-state index in [1.165, 1.54) is 30.9 Å². The average molecular weight is 428 g/mol. The van der Waals surface area contributed by atoms with Crippen LogP contribution in [0.3, 0.4) is 0 Å². The first-order valence-corrected chi connectivity index (χ1v) is 11.8. The summed E-state index contributed by atoms with van der Waals surface area (Å²) in [7, 11) is 0. The Morgan fingerprint density at radius 1 is 1.34 bits per heavy atom. The molecule has 3 heterocycles. The molecule has 0 bridgehead atoms. The molecular formula is C21H25N5OS2. The monoisotopic (exact) mass is 427 g/mol. The van der Waals surface area contributed by atoms with E-state index >= 15 is 0 Å². The van der Waals surface area contributed by atoms with E-state index in [0.717, 1.165) is 51.3 Å². The van der Waals surface area contributed by atoms with Crippen molar-refractivity contribution < 1.29 is 4.79 Å². The van der Waals surface area contributed by atoms with Crippen molar-refractivity contribution in [2.24, 2.45) is 5.92 Å². The Morgan fingerprint density at radius 3 is 3.03 bits per heavy atom. The van der Waals surface area contributed by atoms with E-state index in [-0.39, 0.29) is 5.91 Å². The standard InChI is InChI=1S/C21H25N5OS2/c1-3-15-8-4-5-9-16(15)24-17(27)12-28-20-18-19(22-13-23-20)25-21(29-18)26-10-6-7-14(2)11-26/h4-5,8-9,13-14H,3,6-7,10-12H2,1-2H3,(H,24,27). The number of para-hydroxylation sites is 1. The van der Waals surface area contributed by atoms with Gasteiger partial charge in [0.15, 0.2) is 10.8 Å². The Kier molecular flexibility index (Phi) is 6.30. The predicted molar refractivity (Wildman–Crippen MR) is 121 cm³/mol. The molecule has 1 aliphatic rings. The Balaban J connectivity index is 1.46. The topological polar surface area (TPSA) is 71.0 Å². The summed E-state index contributed by atoms with van der Waals surface area (Å²) in [5.41, 5.74) is 2.74. The molecule has 2 aromatic heterocycles. The third kappa shape index (κ3) is 4.70. The Hall–Kier alpha value is -2.19. The molecule has 8 heteroatoms. The van der Waals surface area contributed by atoms with Gasteiger partial charge in [0.05, 0.1) is 5.75 Å². The molecule has 29 heavy (non-hydrogen) atoms. The lowest BCUT2D eigenvalue weighted by Crippen LogP contribution is -2.34. The lowest BCUT2D eigenvalue weighted by molar-refractivity contribution is -0.113. The van der Waals surface area contributed by atoms with Crippen LogP contribution in [0.2, 0.25) is 0 Å². The smallest absolute Gasteiger partial charge is 0.234 e. The molecule has 1 aliphatic heterocycles. The third-order valence-corrected chi connectivity index (χ3v) is 7.32. The predicted octanol–water partition coefficient (Wildman–Crippen LogP) is 4.62. The number of benzene rings is 1. The van der Waals surface area contributed by atoms with Crippen LogP contribution < -0.4 is 10.2 Å². The van der Waals surface area contributed by atoms with Gasteiger partial charge in [-0.25, -0.2) is 9.97 Å². The second-order valence-electron chi connectivity index (χ2n) is 7.37. The Morgan fingerprint density at radius 2 is 2.21 bits per heavy atom. The Bertz CT molecular complexity index is 1010. The van der Waals surface area contributed by atoms with Crippen molar-refractivity contribution in [1.29, 1.82) is 0 Å². The molecule has 0 aliphatic carbocycles. The number of anilines is 2. The van der Waals surface area contributed by atoms with Crippen molar-refractivity contribution in [1.82, 2.24) is 15.0 Å². The van der Waals surface area contributed by atoms with Gasteiger partial charge in [0.1, 0.15) is 16.1 Å². The number of hydrogen-bond acceptors (Lipinski definition) is 7. The van der Waals surface area contributed by atoms with Crippen LogP contribution in [0, 0.1) is 5.92 Å². The van der Waals surface area contributed by atoms with Crippen LogP contribution in [0.5, 0.6) is 0 Å². The summed E-state index contributed by atoms with van der Waals surface area (Å²) < 4.78 is 0.965. The van der Waals surface area contributed by atoms with Crippen LogP contribution in [0.4, 0.5) is 10.8 Å². The number of carbonyl (C=O) groups is 1. The maximum atomic E-state index is 12.5. The number of piperidine rings is 1. The quantitative estimate of drug-likeness (QED) is 0.457. The van der Waals surface area contributed by atoms with Gasteiger partial charge in [-0.15, -0.1) is 0 Å². The van der Waals surface area contributed by atoms with Crippen LogP contribution in [0.15, 0.2) is 35.6 Å². The fourth-order valence-electron chi connectivity index (χ4n) is 3.59. The van der Waals surface area contributed by atoms with Gasteiger partial charge in [-0.05, 0) is 36.8 Å². The number of thiazole rings is 1. The normalized spacial score (nSPS) is 16.9. The highest BCUT2D eigenvalue weighted by atomic mass is 32.2. The summed E-state index contributed by atoms with van der Waals surface area (Å²) in [6.07, 6.45) is 4.90.